The summed E-state index contributed by atoms with van der Waals surface area (Å²) in [4.78, 5) is 0. The van der Waals surface area contributed by atoms with E-state index in [1.807, 2.05) is 52.0 Å². The molecule has 6 heteroatoms. The summed E-state index contributed by atoms with van der Waals surface area (Å²) in [7, 11) is 0. The van der Waals surface area contributed by atoms with Crippen molar-refractivity contribution in [2.24, 2.45) is 0 Å². The molecule has 2 aromatic carbocycles. The van der Waals surface area contributed by atoms with Gasteiger partial charge < -0.3 is 29.5 Å². The number of benzene rings is 2. The summed E-state index contributed by atoms with van der Waals surface area (Å²) >= 11 is 0. The number of aromatic hydroxyl groups is 2. The fraction of sp³-hybridized carbons (Fsp3) is 0.478. The number of hydrogen-bond acceptors (Lipinski definition) is 6. The number of fused-ring (bicyclic) bond motifs is 1. The highest BCUT2D eigenvalue weighted by Gasteiger charge is 2.19. The van der Waals surface area contributed by atoms with E-state index in [4.69, 9.17) is 29.5 Å². The second-order valence-corrected chi connectivity index (χ2v) is 5.53. The summed E-state index contributed by atoms with van der Waals surface area (Å²) in [6, 6.07) is 13.6. The minimum Gasteiger partial charge on any atom is -0.504 e. The first kappa shape index (κ1) is 26.6. The van der Waals surface area contributed by atoms with Crippen LogP contribution in [0.1, 0.15) is 41.0 Å². The van der Waals surface area contributed by atoms with Gasteiger partial charge in [0.15, 0.2) is 29.1 Å². The summed E-state index contributed by atoms with van der Waals surface area (Å²) in [6.07, 6.45) is 1.61. The molecule has 2 atom stereocenters. The molecule has 0 radical (unpaired) electrons. The summed E-state index contributed by atoms with van der Waals surface area (Å²) < 4.78 is 15.6. The van der Waals surface area contributed by atoms with Crippen molar-refractivity contribution in [2.45, 2.75) is 53.2 Å². The molecule has 164 valence electrons. The van der Waals surface area contributed by atoms with Crippen molar-refractivity contribution in [3.63, 3.8) is 0 Å². The Labute approximate surface area is 174 Å². The van der Waals surface area contributed by atoms with E-state index in [0.29, 0.717) is 18.5 Å². The summed E-state index contributed by atoms with van der Waals surface area (Å²) in [6.45, 7) is 11.6. The Balaban J connectivity index is 0.000000400. The van der Waals surface area contributed by atoms with Crippen LogP contribution in [-0.4, -0.2) is 47.3 Å². The predicted octanol–water partition coefficient (Wildman–Crippen LogP) is 4.76. The van der Waals surface area contributed by atoms with Gasteiger partial charge in [0.05, 0.1) is 19.3 Å². The molecule has 3 N–H and O–H groups in total. The van der Waals surface area contributed by atoms with E-state index >= 15 is 0 Å². The van der Waals surface area contributed by atoms with Gasteiger partial charge in [-0.25, -0.2) is 0 Å². The van der Waals surface area contributed by atoms with Crippen molar-refractivity contribution in [1.82, 2.24) is 0 Å². The van der Waals surface area contributed by atoms with E-state index < -0.39 is 0 Å². The molecule has 2 aliphatic rings. The lowest BCUT2D eigenvalue weighted by Crippen LogP contribution is -2.32. The Morgan fingerprint density at radius 3 is 1.66 bits per heavy atom. The Morgan fingerprint density at radius 2 is 1.28 bits per heavy atom. The smallest absolute Gasteiger partial charge is 0.161 e. The number of hydrogen-bond donors (Lipinski definition) is 3. The number of para-hydroxylation sites is 4. The van der Waals surface area contributed by atoms with Gasteiger partial charge in [-0.15, -0.1) is 0 Å². The Morgan fingerprint density at radius 1 is 0.793 bits per heavy atom. The van der Waals surface area contributed by atoms with Gasteiger partial charge in [0.1, 0.15) is 6.61 Å². The highest BCUT2D eigenvalue weighted by Crippen LogP contribution is 2.30. The molecule has 0 spiro atoms. The van der Waals surface area contributed by atoms with E-state index in [1.165, 1.54) is 18.6 Å². The monoisotopic (exact) mass is 408 g/mol. The van der Waals surface area contributed by atoms with E-state index in [0.717, 1.165) is 12.4 Å². The normalized spacial score (nSPS) is 17.3. The van der Waals surface area contributed by atoms with E-state index in [2.05, 4.69) is 6.92 Å². The van der Waals surface area contributed by atoms with Crippen molar-refractivity contribution in [1.29, 1.82) is 0 Å². The SMILES string of the molecule is CC.CC.CCC1CO1.OCC1COc2ccccc2O1.Oc1ccccc1O. The maximum absolute atomic E-state index is 8.81. The van der Waals surface area contributed by atoms with E-state index in [9.17, 15) is 0 Å². The Bertz CT molecular complexity index is 622. The van der Waals surface area contributed by atoms with Crippen molar-refractivity contribution in [3.8, 4) is 23.0 Å². The van der Waals surface area contributed by atoms with E-state index in [1.54, 1.807) is 12.1 Å². The number of rotatable bonds is 2. The first-order valence-corrected chi connectivity index (χ1v) is 10.2. The van der Waals surface area contributed by atoms with Gasteiger partial charge in [-0.2, -0.15) is 0 Å². The maximum Gasteiger partial charge on any atom is 0.161 e. The highest BCUT2D eigenvalue weighted by molar-refractivity contribution is 5.40. The number of ether oxygens (including phenoxy) is 3. The van der Waals surface area contributed by atoms with Crippen LogP contribution in [0.2, 0.25) is 0 Å². The lowest BCUT2D eigenvalue weighted by molar-refractivity contribution is 0.0456. The van der Waals surface area contributed by atoms with Crippen molar-refractivity contribution in [2.75, 3.05) is 19.8 Å². The van der Waals surface area contributed by atoms with Crippen LogP contribution in [0.25, 0.3) is 0 Å². The molecule has 29 heavy (non-hydrogen) atoms. The zero-order valence-electron chi connectivity index (χ0n) is 18.2. The third-order valence-electron chi connectivity index (χ3n) is 3.51. The molecule has 2 heterocycles. The third kappa shape index (κ3) is 11.2. The van der Waals surface area contributed by atoms with Crippen LogP contribution in [0.15, 0.2) is 48.5 Å². The van der Waals surface area contributed by atoms with Gasteiger partial charge >= 0.3 is 0 Å². The number of epoxide rings is 1. The molecule has 2 aliphatic heterocycles. The maximum atomic E-state index is 8.81. The van der Waals surface area contributed by atoms with E-state index in [-0.39, 0.29) is 24.2 Å². The second kappa shape index (κ2) is 16.5. The van der Waals surface area contributed by atoms with Gasteiger partial charge in [0, 0.05) is 0 Å². The topological polar surface area (TPSA) is 91.7 Å². The molecule has 0 aliphatic carbocycles. The molecular formula is C23H36O6. The van der Waals surface area contributed by atoms with Crippen LogP contribution in [0, 0.1) is 0 Å². The lowest BCUT2D eigenvalue weighted by Gasteiger charge is -2.24. The molecule has 0 aromatic heterocycles. The number of aliphatic hydroxyl groups is 1. The minimum atomic E-state index is -0.222. The molecule has 0 bridgehead atoms. The molecule has 2 aromatic rings. The molecule has 4 rings (SSSR count). The molecule has 0 amide bonds. The van der Waals surface area contributed by atoms with Crippen molar-refractivity contribution in [3.05, 3.63) is 48.5 Å². The number of aliphatic hydroxyl groups excluding tert-OH is 1. The van der Waals surface area contributed by atoms with Gasteiger partial charge in [-0.3, -0.25) is 0 Å². The zero-order chi connectivity index (χ0) is 22.1. The van der Waals surface area contributed by atoms with Crippen LogP contribution in [0.3, 0.4) is 0 Å². The van der Waals surface area contributed by atoms with Gasteiger partial charge in [0.2, 0.25) is 0 Å². The average molecular weight is 409 g/mol. The first-order chi connectivity index (χ1) is 14.1. The Hall–Kier alpha value is -2.44. The fourth-order valence-electron chi connectivity index (χ4n) is 1.92. The molecule has 1 saturated heterocycles. The van der Waals surface area contributed by atoms with Crippen LogP contribution in [0.5, 0.6) is 23.0 Å². The van der Waals surface area contributed by atoms with Crippen molar-refractivity contribution >= 4 is 0 Å². The molecule has 6 nitrogen and oxygen atoms in total. The van der Waals surface area contributed by atoms with Crippen LogP contribution < -0.4 is 9.47 Å². The minimum absolute atomic E-state index is 0.00562. The molecule has 1 fully saturated rings. The zero-order valence-corrected chi connectivity index (χ0v) is 18.2. The molecular weight excluding hydrogens is 372 g/mol. The van der Waals surface area contributed by atoms with Gasteiger partial charge in [0.25, 0.3) is 0 Å². The third-order valence-corrected chi connectivity index (χ3v) is 3.51. The standard InChI is InChI=1S/C9H10O3.C6H6O2.C4H8O.2C2H6/c10-5-7-6-11-8-3-1-2-4-9(8)12-7;7-5-3-1-2-4-6(5)8;1-2-4-3-5-4;2*1-2/h1-4,7,10H,5-6H2;1-4,7-8H;4H,2-3H2,1H3;2*1-2H3. The first-order valence-electron chi connectivity index (χ1n) is 10.2. The largest absolute Gasteiger partial charge is 0.504 e. The molecule has 2 unspecified atom stereocenters. The van der Waals surface area contributed by atoms with Crippen LogP contribution >= 0.6 is 0 Å². The molecule has 0 saturated carbocycles. The second-order valence-electron chi connectivity index (χ2n) is 5.53. The van der Waals surface area contributed by atoms with Gasteiger partial charge in [-0.1, -0.05) is 58.9 Å². The number of phenols is 2. The van der Waals surface area contributed by atoms with Gasteiger partial charge in [-0.05, 0) is 30.7 Å². The van der Waals surface area contributed by atoms with Crippen molar-refractivity contribution < 1.29 is 29.5 Å². The summed E-state index contributed by atoms with van der Waals surface area (Å²) in [5.41, 5.74) is 0. The Kier molecular flexibility index (Phi) is 15.1. The quantitative estimate of drug-likeness (QED) is 0.490. The lowest BCUT2D eigenvalue weighted by atomic mass is 10.3. The predicted molar refractivity (Wildman–Crippen MR) is 116 cm³/mol. The average Bonchev–Trinajstić information content (AvgIpc) is 3.64. The van der Waals surface area contributed by atoms with Crippen LogP contribution in [0.4, 0.5) is 0 Å². The fourth-order valence-corrected chi connectivity index (χ4v) is 1.92. The summed E-state index contributed by atoms with van der Waals surface area (Å²) in [5, 5.41) is 26.2. The summed E-state index contributed by atoms with van der Waals surface area (Å²) in [5.74, 6) is 1.31. The number of phenolic OH excluding ortho intramolecular Hbond substituents is 2. The highest BCUT2D eigenvalue weighted by atomic mass is 16.6. The van der Waals surface area contributed by atoms with Crippen LogP contribution in [-0.2, 0) is 4.74 Å².